The van der Waals surface area contributed by atoms with Gasteiger partial charge in [-0.05, 0) is 45.0 Å². The molecule has 0 aliphatic carbocycles. The zero-order chi connectivity index (χ0) is 17.7. The molecule has 0 unspecified atom stereocenters. The molecule has 2 amide bonds. The number of anilines is 1. The lowest BCUT2D eigenvalue weighted by atomic mass is 10.1. The minimum atomic E-state index is -0.0311. The summed E-state index contributed by atoms with van der Waals surface area (Å²) in [7, 11) is 0. The molecule has 0 radical (unpaired) electrons. The summed E-state index contributed by atoms with van der Waals surface area (Å²) in [5.74, 6) is 0.772. The Morgan fingerprint density at radius 3 is 2.25 bits per heavy atom. The number of carbonyl (C=O) groups excluding carboxylic acids is 1. The van der Waals surface area contributed by atoms with Crippen molar-refractivity contribution in [1.82, 2.24) is 9.80 Å². The number of nitrogens with zero attached hydrogens (tertiary/aromatic N) is 3. The fourth-order valence-electron chi connectivity index (χ4n) is 3.05. The average Bonchev–Trinajstić information content (AvgIpc) is 2.99. The Morgan fingerprint density at radius 1 is 1.12 bits per heavy atom. The number of carbonyl (C=O) groups is 1. The number of aryl methyl sites for hydroxylation is 2. The summed E-state index contributed by atoms with van der Waals surface area (Å²) in [6, 6.07) is 6.12. The monoisotopic (exact) mass is 331 g/mol. The molecule has 1 aliphatic rings. The Kier molecular flexibility index (Phi) is 6.26. The Labute approximate surface area is 145 Å². The van der Waals surface area contributed by atoms with E-state index < -0.39 is 0 Å². The van der Waals surface area contributed by atoms with Gasteiger partial charge in [-0.3, -0.25) is 9.80 Å². The summed E-state index contributed by atoms with van der Waals surface area (Å²) in [5, 5.41) is 0. The topological polar surface area (TPSA) is 36.0 Å². The molecule has 1 heterocycles. The van der Waals surface area contributed by atoms with Crippen LogP contribution in [-0.4, -0.2) is 48.7 Å². The molecule has 1 aromatic carbocycles. The van der Waals surface area contributed by atoms with Crippen LogP contribution in [0.25, 0.3) is 0 Å². The number of amides is 2. The molecule has 0 saturated heterocycles. The number of para-hydroxylation sites is 1. The number of benzene rings is 1. The molecular formula is C19H29N3O2. The molecule has 2 rings (SSSR count). The molecule has 24 heavy (non-hydrogen) atoms. The predicted molar refractivity (Wildman–Crippen MR) is 98.0 cm³/mol. The first kappa shape index (κ1) is 18.3. The van der Waals surface area contributed by atoms with Crippen molar-refractivity contribution in [3.8, 4) is 0 Å². The lowest BCUT2D eigenvalue weighted by Gasteiger charge is -2.31. The van der Waals surface area contributed by atoms with Gasteiger partial charge in [-0.25, -0.2) is 4.79 Å². The Hall–Kier alpha value is -2.01. The zero-order valence-corrected chi connectivity index (χ0v) is 15.5. The van der Waals surface area contributed by atoms with Gasteiger partial charge >= 0.3 is 6.03 Å². The Balaban J connectivity index is 2.29. The van der Waals surface area contributed by atoms with Gasteiger partial charge in [-0.1, -0.05) is 32.0 Å². The van der Waals surface area contributed by atoms with Crippen molar-refractivity contribution < 1.29 is 9.53 Å². The Bertz CT molecular complexity index is 588. The van der Waals surface area contributed by atoms with E-state index in [4.69, 9.17) is 4.74 Å². The van der Waals surface area contributed by atoms with E-state index in [-0.39, 0.29) is 12.8 Å². The summed E-state index contributed by atoms with van der Waals surface area (Å²) in [6.07, 6.45) is 1.78. The molecular weight excluding hydrogens is 302 g/mol. The third-order valence-electron chi connectivity index (χ3n) is 4.49. The summed E-state index contributed by atoms with van der Waals surface area (Å²) >= 11 is 0. The zero-order valence-electron chi connectivity index (χ0n) is 15.5. The second-order valence-electron chi connectivity index (χ2n) is 6.18. The SMILES string of the molecule is CCN(CC)CCN(C(=O)N1C=C(C)OC1)c1c(C)cccc1C. The van der Waals surface area contributed by atoms with Crippen molar-refractivity contribution in [2.45, 2.75) is 34.6 Å². The lowest BCUT2D eigenvalue weighted by Crippen LogP contribution is -2.44. The van der Waals surface area contributed by atoms with E-state index >= 15 is 0 Å². The average molecular weight is 331 g/mol. The Morgan fingerprint density at radius 2 is 1.75 bits per heavy atom. The molecule has 0 atom stereocenters. The minimum absolute atomic E-state index is 0.0311. The van der Waals surface area contributed by atoms with Crippen molar-refractivity contribution in [1.29, 1.82) is 0 Å². The first-order valence-corrected chi connectivity index (χ1v) is 8.65. The minimum Gasteiger partial charge on any atom is -0.476 e. The molecule has 0 N–H and O–H groups in total. The van der Waals surface area contributed by atoms with Gasteiger partial charge < -0.3 is 9.64 Å². The van der Waals surface area contributed by atoms with Crippen LogP contribution in [0.15, 0.2) is 30.2 Å². The molecule has 0 spiro atoms. The van der Waals surface area contributed by atoms with E-state index in [1.807, 2.05) is 17.9 Å². The van der Waals surface area contributed by atoms with E-state index in [0.29, 0.717) is 6.54 Å². The molecule has 0 bridgehead atoms. The van der Waals surface area contributed by atoms with Crippen molar-refractivity contribution in [2.75, 3.05) is 37.8 Å². The van der Waals surface area contributed by atoms with Crippen LogP contribution in [0.1, 0.15) is 31.9 Å². The van der Waals surface area contributed by atoms with E-state index in [1.54, 1.807) is 11.1 Å². The fraction of sp³-hybridized carbons (Fsp3) is 0.526. The van der Waals surface area contributed by atoms with Crippen LogP contribution in [0.2, 0.25) is 0 Å². The first-order valence-electron chi connectivity index (χ1n) is 8.65. The molecule has 1 aromatic rings. The molecule has 0 saturated carbocycles. The smallest absolute Gasteiger partial charge is 0.331 e. The van der Waals surface area contributed by atoms with E-state index in [1.165, 1.54) is 0 Å². The maximum absolute atomic E-state index is 13.1. The van der Waals surface area contributed by atoms with Crippen molar-refractivity contribution >= 4 is 11.7 Å². The van der Waals surface area contributed by atoms with Crippen molar-refractivity contribution in [3.63, 3.8) is 0 Å². The van der Waals surface area contributed by atoms with Crippen LogP contribution in [0, 0.1) is 13.8 Å². The molecule has 5 heteroatoms. The van der Waals surface area contributed by atoms with Gasteiger partial charge in [0.1, 0.15) is 5.76 Å². The summed E-state index contributed by atoms with van der Waals surface area (Å²) < 4.78 is 5.43. The van der Waals surface area contributed by atoms with Gasteiger partial charge in [0.05, 0.1) is 5.69 Å². The van der Waals surface area contributed by atoms with Crippen LogP contribution >= 0.6 is 0 Å². The fourth-order valence-corrected chi connectivity index (χ4v) is 3.05. The highest BCUT2D eigenvalue weighted by atomic mass is 16.5. The van der Waals surface area contributed by atoms with Crippen molar-refractivity contribution in [2.24, 2.45) is 0 Å². The first-order chi connectivity index (χ1) is 11.5. The largest absolute Gasteiger partial charge is 0.476 e. The second-order valence-corrected chi connectivity index (χ2v) is 6.18. The normalized spacial score (nSPS) is 13.9. The molecule has 132 valence electrons. The molecule has 1 aliphatic heterocycles. The van der Waals surface area contributed by atoms with Gasteiger partial charge in [0.25, 0.3) is 0 Å². The van der Waals surface area contributed by atoms with Crippen LogP contribution in [0.4, 0.5) is 10.5 Å². The number of likely N-dealkylation sites (N-methyl/N-ethyl adjacent to an activating group) is 1. The third kappa shape index (κ3) is 4.09. The number of rotatable bonds is 6. The maximum atomic E-state index is 13.1. The highest BCUT2D eigenvalue weighted by Gasteiger charge is 2.26. The maximum Gasteiger partial charge on any atom is 0.331 e. The highest BCUT2D eigenvalue weighted by molar-refractivity contribution is 5.94. The quantitative estimate of drug-likeness (QED) is 0.797. The highest BCUT2D eigenvalue weighted by Crippen LogP contribution is 2.26. The number of ether oxygens (including phenoxy) is 1. The summed E-state index contributed by atoms with van der Waals surface area (Å²) in [4.78, 5) is 19.0. The van der Waals surface area contributed by atoms with Gasteiger partial charge in [-0.2, -0.15) is 0 Å². The van der Waals surface area contributed by atoms with E-state index in [2.05, 4.69) is 44.7 Å². The summed E-state index contributed by atoms with van der Waals surface area (Å²) in [6.45, 7) is 14.0. The molecule has 5 nitrogen and oxygen atoms in total. The van der Waals surface area contributed by atoms with Gasteiger partial charge in [0, 0.05) is 19.3 Å². The predicted octanol–water partition coefficient (Wildman–Crippen LogP) is 3.72. The van der Waals surface area contributed by atoms with Gasteiger partial charge in [-0.15, -0.1) is 0 Å². The summed E-state index contributed by atoms with van der Waals surface area (Å²) in [5.41, 5.74) is 3.24. The second kappa shape index (κ2) is 8.20. The van der Waals surface area contributed by atoms with Gasteiger partial charge in [0.15, 0.2) is 6.73 Å². The van der Waals surface area contributed by atoms with Crippen LogP contribution in [-0.2, 0) is 4.74 Å². The van der Waals surface area contributed by atoms with E-state index in [9.17, 15) is 4.79 Å². The van der Waals surface area contributed by atoms with Crippen LogP contribution in [0.5, 0.6) is 0 Å². The van der Waals surface area contributed by atoms with Crippen molar-refractivity contribution in [3.05, 3.63) is 41.3 Å². The number of allylic oxidation sites excluding steroid dienone is 1. The van der Waals surface area contributed by atoms with Gasteiger partial charge in [0.2, 0.25) is 0 Å². The molecule has 0 aromatic heterocycles. The number of hydrogen-bond acceptors (Lipinski definition) is 3. The lowest BCUT2D eigenvalue weighted by molar-refractivity contribution is 0.157. The molecule has 0 fully saturated rings. The van der Waals surface area contributed by atoms with E-state index in [0.717, 1.165) is 42.2 Å². The number of hydrogen-bond donors (Lipinski definition) is 0. The van der Waals surface area contributed by atoms with Crippen LogP contribution in [0.3, 0.4) is 0 Å². The standard InChI is InChI=1S/C19H29N3O2/c1-6-20(7-2)11-12-22(18-15(3)9-8-10-16(18)4)19(23)21-13-17(5)24-14-21/h8-10,13H,6-7,11-12,14H2,1-5H3. The third-order valence-corrected chi connectivity index (χ3v) is 4.49. The number of urea groups is 1. The van der Waals surface area contributed by atoms with Crippen LogP contribution < -0.4 is 4.90 Å².